The zero-order valence-corrected chi connectivity index (χ0v) is 9.74. The molecule has 1 fully saturated rings. The zero-order chi connectivity index (χ0) is 12.5. The predicted octanol–water partition coefficient (Wildman–Crippen LogP) is 1.78. The summed E-state index contributed by atoms with van der Waals surface area (Å²) < 4.78 is 13.9. The van der Waals surface area contributed by atoms with Crippen LogP contribution in [0.4, 0.5) is 4.39 Å². The number of carboxylic acids is 1. The third-order valence-corrected chi connectivity index (χ3v) is 3.80. The molecule has 2 unspecified atom stereocenters. The minimum atomic E-state index is -0.861. The standard InChI is InChI=1S/C13H16FNO2/c1-2-13(8-15-7-10(13)12(16)17)9-5-3-4-6-11(9)14/h3-6,10,15H,2,7-8H2,1H3,(H,16,17). The van der Waals surface area contributed by atoms with Crippen molar-refractivity contribution in [3.8, 4) is 0 Å². The summed E-state index contributed by atoms with van der Waals surface area (Å²) in [7, 11) is 0. The van der Waals surface area contributed by atoms with Crippen molar-refractivity contribution >= 4 is 5.97 Å². The number of nitrogens with one attached hydrogen (secondary N) is 1. The van der Waals surface area contributed by atoms with Gasteiger partial charge in [0.05, 0.1) is 5.92 Å². The van der Waals surface area contributed by atoms with E-state index in [2.05, 4.69) is 5.32 Å². The van der Waals surface area contributed by atoms with Gasteiger partial charge in [-0.15, -0.1) is 0 Å². The highest BCUT2D eigenvalue weighted by molar-refractivity contribution is 5.73. The predicted molar refractivity (Wildman–Crippen MR) is 62.4 cm³/mol. The number of rotatable bonds is 3. The van der Waals surface area contributed by atoms with Gasteiger partial charge in [0.25, 0.3) is 0 Å². The Bertz CT molecular complexity index is 435. The van der Waals surface area contributed by atoms with Gasteiger partial charge in [-0.1, -0.05) is 25.1 Å². The van der Waals surface area contributed by atoms with Crippen molar-refractivity contribution in [3.05, 3.63) is 35.6 Å². The van der Waals surface area contributed by atoms with Crippen LogP contribution in [0.5, 0.6) is 0 Å². The lowest BCUT2D eigenvalue weighted by molar-refractivity contribution is -0.143. The maximum atomic E-state index is 13.9. The first-order valence-corrected chi connectivity index (χ1v) is 5.80. The highest BCUT2D eigenvalue weighted by Gasteiger charge is 2.48. The van der Waals surface area contributed by atoms with Gasteiger partial charge < -0.3 is 10.4 Å². The molecule has 1 aliphatic heterocycles. The van der Waals surface area contributed by atoms with E-state index in [1.807, 2.05) is 6.92 Å². The van der Waals surface area contributed by atoms with E-state index in [-0.39, 0.29) is 5.82 Å². The molecule has 2 N–H and O–H groups in total. The van der Waals surface area contributed by atoms with Gasteiger partial charge in [0, 0.05) is 18.5 Å². The van der Waals surface area contributed by atoms with E-state index in [1.165, 1.54) is 6.07 Å². The first-order valence-electron chi connectivity index (χ1n) is 5.80. The molecule has 0 bridgehead atoms. The molecular formula is C13H16FNO2. The fourth-order valence-corrected chi connectivity index (χ4v) is 2.79. The smallest absolute Gasteiger partial charge is 0.308 e. The summed E-state index contributed by atoms with van der Waals surface area (Å²) in [6.45, 7) is 2.83. The van der Waals surface area contributed by atoms with E-state index in [0.717, 1.165) is 0 Å². The van der Waals surface area contributed by atoms with Crippen LogP contribution in [0, 0.1) is 11.7 Å². The Kier molecular flexibility index (Phi) is 3.15. The van der Waals surface area contributed by atoms with E-state index in [0.29, 0.717) is 25.1 Å². The molecule has 1 aromatic carbocycles. The number of hydrogen-bond donors (Lipinski definition) is 2. The van der Waals surface area contributed by atoms with Gasteiger partial charge in [-0.25, -0.2) is 4.39 Å². The Morgan fingerprint density at radius 1 is 1.59 bits per heavy atom. The second-order valence-corrected chi connectivity index (χ2v) is 4.51. The fraction of sp³-hybridized carbons (Fsp3) is 0.462. The van der Waals surface area contributed by atoms with Gasteiger partial charge in [-0.05, 0) is 18.1 Å². The molecule has 1 aromatic rings. The molecule has 1 saturated heterocycles. The minimum absolute atomic E-state index is 0.315. The van der Waals surface area contributed by atoms with E-state index in [9.17, 15) is 14.3 Å². The second-order valence-electron chi connectivity index (χ2n) is 4.51. The van der Waals surface area contributed by atoms with E-state index < -0.39 is 17.3 Å². The van der Waals surface area contributed by atoms with E-state index >= 15 is 0 Å². The van der Waals surface area contributed by atoms with Gasteiger partial charge >= 0.3 is 5.97 Å². The lowest BCUT2D eigenvalue weighted by Gasteiger charge is -2.32. The molecule has 0 aliphatic carbocycles. The van der Waals surface area contributed by atoms with Gasteiger partial charge in [0.1, 0.15) is 5.82 Å². The Hall–Kier alpha value is -1.42. The molecule has 0 radical (unpaired) electrons. The third kappa shape index (κ3) is 1.82. The molecule has 2 rings (SSSR count). The van der Waals surface area contributed by atoms with Crippen molar-refractivity contribution in [3.63, 3.8) is 0 Å². The Morgan fingerprint density at radius 3 is 2.88 bits per heavy atom. The van der Waals surface area contributed by atoms with Crippen molar-refractivity contribution in [1.82, 2.24) is 5.32 Å². The highest BCUT2D eigenvalue weighted by Crippen LogP contribution is 2.39. The molecule has 0 saturated carbocycles. The molecule has 92 valence electrons. The SMILES string of the molecule is CCC1(c2ccccc2F)CNCC1C(=O)O. The molecule has 17 heavy (non-hydrogen) atoms. The summed E-state index contributed by atoms with van der Waals surface area (Å²) in [5.74, 6) is -1.74. The summed E-state index contributed by atoms with van der Waals surface area (Å²) in [5, 5.41) is 12.3. The lowest BCUT2D eigenvalue weighted by Crippen LogP contribution is -2.39. The van der Waals surface area contributed by atoms with Crippen LogP contribution in [0.25, 0.3) is 0 Å². The van der Waals surface area contributed by atoms with Gasteiger partial charge in [-0.2, -0.15) is 0 Å². The van der Waals surface area contributed by atoms with Crippen molar-refractivity contribution in [1.29, 1.82) is 0 Å². The summed E-state index contributed by atoms with van der Waals surface area (Å²) in [6, 6.07) is 6.47. The summed E-state index contributed by atoms with van der Waals surface area (Å²) in [5.41, 5.74) is -0.114. The maximum Gasteiger partial charge on any atom is 0.308 e. The topological polar surface area (TPSA) is 49.3 Å². The molecule has 0 spiro atoms. The van der Waals surface area contributed by atoms with Crippen molar-refractivity contribution in [2.24, 2.45) is 5.92 Å². The van der Waals surface area contributed by atoms with Crippen LogP contribution in [0.3, 0.4) is 0 Å². The second kappa shape index (κ2) is 4.45. The molecule has 3 nitrogen and oxygen atoms in total. The first kappa shape index (κ1) is 12.0. The number of hydrogen-bond acceptors (Lipinski definition) is 2. The first-order chi connectivity index (χ1) is 8.12. The third-order valence-electron chi connectivity index (χ3n) is 3.80. The van der Waals surface area contributed by atoms with Crippen LogP contribution in [0.15, 0.2) is 24.3 Å². The summed E-state index contributed by atoms with van der Waals surface area (Å²) >= 11 is 0. The number of carboxylic acid groups (broad SMARTS) is 1. The monoisotopic (exact) mass is 237 g/mol. The normalized spacial score (nSPS) is 28.2. The van der Waals surface area contributed by atoms with Crippen molar-refractivity contribution in [2.45, 2.75) is 18.8 Å². The van der Waals surface area contributed by atoms with E-state index in [1.54, 1.807) is 18.2 Å². The average Bonchev–Trinajstić information content (AvgIpc) is 2.74. The number of benzene rings is 1. The quantitative estimate of drug-likeness (QED) is 0.842. The fourth-order valence-electron chi connectivity index (χ4n) is 2.79. The van der Waals surface area contributed by atoms with Crippen LogP contribution in [0.1, 0.15) is 18.9 Å². The van der Waals surface area contributed by atoms with Crippen molar-refractivity contribution in [2.75, 3.05) is 13.1 Å². The van der Waals surface area contributed by atoms with Crippen LogP contribution in [-0.4, -0.2) is 24.2 Å². The number of carbonyl (C=O) groups is 1. The van der Waals surface area contributed by atoms with Crippen LogP contribution in [-0.2, 0) is 10.2 Å². The molecule has 0 amide bonds. The molecule has 0 aromatic heterocycles. The molecule has 1 aliphatic rings. The number of aliphatic carboxylic acids is 1. The summed E-state index contributed by atoms with van der Waals surface area (Å²) in [6.07, 6.45) is 0.609. The lowest BCUT2D eigenvalue weighted by atomic mass is 9.70. The van der Waals surface area contributed by atoms with E-state index in [4.69, 9.17) is 0 Å². The van der Waals surface area contributed by atoms with Crippen LogP contribution >= 0.6 is 0 Å². The molecule has 1 heterocycles. The largest absolute Gasteiger partial charge is 0.481 e. The van der Waals surface area contributed by atoms with Gasteiger partial charge in [0.2, 0.25) is 0 Å². The van der Waals surface area contributed by atoms with Gasteiger partial charge in [0.15, 0.2) is 0 Å². The van der Waals surface area contributed by atoms with Crippen LogP contribution in [0.2, 0.25) is 0 Å². The zero-order valence-electron chi connectivity index (χ0n) is 9.74. The Balaban J connectivity index is 2.51. The van der Waals surface area contributed by atoms with Gasteiger partial charge in [-0.3, -0.25) is 4.79 Å². The average molecular weight is 237 g/mol. The summed E-state index contributed by atoms with van der Waals surface area (Å²) in [4.78, 5) is 11.3. The molecule has 4 heteroatoms. The maximum absolute atomic E-state index is 13.9. The molecule has 2 atom stereocenters. The van der Waals surface area contributed by atoms with Crippen molar-refractivity contribution < 1.29 is 14.3 Å². The highest BCUT2D eigenvalue weighted by atomic mass is 19.1. The van der Waals surface area contributed by atoms with Crippen LogP contribution < -0.4 is 5.32 Å². The number of halogens is 1. The minimum Gasteiger partial charge on any atom is -0.481 e. The Morgan fingerprint density at radius 2 is 2.29 bits per heavy atom. The Labute approximate surface area is 99.7 Å². The molecular weight excluding hydrogens is 221 g/mol.